The van der Waals surface area contributed by atoms with E-state index in [4.69, 9.17) is 33.1 Å². The fraction of sp³-hybridized carbons (Fsp3) is 0.500. The number of carbonyl (C=O) groups excluding carboxylic acids is 3. The number of imidazole rings is 1. The Morgan fingerprint density at radius 1 is 1.12 bits per heavy atom. The first-order valence-electron chi connectivity index (χ1n) is 16.0. The van der Waals surface area contributed by atoms with E-state index >= 15 is 0 Å². The quantitative estimate of drug-likeness (QED) is 0.188. The standard InChI is InChI=1S/C31H37Cl2F3N8O4.CH2O2/c1-30(16-32,18-45)17-44-15-22(25(40-44)31(34,35)36)24-14-38-26(41(24)2)27(46)39-20-3-4-21(23(33)13-20)29(48)43-11-9-42(10-12-43)28(47)19-5-7-37-8-6-19;2-1-3/h3-4,13-15,19,37,45H,5-12,16-18H2,1-2H3,(H,39,46);1H,(H,2,3). The van der Waals surface area contributed by atoms with Crippen LogP contribution in [-0.4, -0.2) is 115 Å². The average Bonchev–Trinajstić information content (AvgIpc) is 3.71. The van der Waals surface area contributed by atoms with E-state index in [1.807, 2.05) is 4.90 Å². The van der Waals surface area contributed by atoms with Gasteiger partial charge in [0, 0.05) is 68.9 Å². The summed E-state index contributed by atoms with van der Waals surface area (Å²) in [5.41, 5.74) is -1.91. The molecule has 3 amide bonds. The Labute approximate surface area is 301 Å². The van der Waals surface area contributed by atoms with Crippen LogP contribution in [0.5, 0.6) is 0 Å². The number of aliphatic hydroxyl groups excluding tert-OH is 1. The Morgan fingerprint density at radius 2 is 1.75 bits per heavy atom. The third kappa shape index (κ3) is 9.38. The minimum Gasteiger partial charge on any atom is -0.483 e. The van der Waals surface area contributed by atoms with Gasteiger partial charge in [0.1, 0.15) is 0 Å². The van der Waals surface area contributed by atoms with Crippen LogP contribution in [0.15, 0.2) is 30.6 Å². The number of nitrogens with zero attached hydrogens (tertiary/aromatic N) is 6. The molecule has 0 saturated carbocycles. The van der Waals surface area contributed by atoms with Crippen molar-refractivity contribution in [3.8, 4) is 11.3 Å². The minimum absolute atomic E-state index is 0.00682. The number of anilines is 1. The molecule has 2 aliphatic heterocycles. The third-order valence-corrected chi connectivity index (χ3v) is 9.73. The van der Waals surface area contributed by atoms with E-state index in [2.05, 4.69) is 20.7 Å². The number of hydrogen-bond acceptors (Lipinski definition) is 8. The molecule has 2 aliphatic rings. The first kappa shape index (κ1) is 39.6. The fourth-order valence-corrected chi connectivity index (χ4v) is 6.31. The van der Waals surface area contributed by atoms with Crippen molar-refractivity contribution >= 4 is 53.1 Å². The molecule has 0 spiro atoms. The number of aromatic nitrogens is 4. The zero-order valence-electron chi connectivity index (χ0n) is 27.9. The van der Waals surface area contributed by atoms with Crippen molar-refractivity contribution in [3.05, 3.63) is 52.7 Å². The van der Waals surface area contributed by atoms with Crippen LogP contribution in [0.25, 0.3) is 11.3 Å². The summed E-state index contributed by atoms with van der Waals surface area (Å²) in [7, 11) is 1.40. The predicted octanol–water partition coefficient (Wildman–Crippen LogP) is 3.43. The number of amides is 3. The molecule has 19 heteroatoms. The van der Waals surface area contributed by atoms with Gasteiger partial charge in [0.25, 0.3) is 18.3 Å². The molecule has 2 aromatic heterocycles. The van der Waals surface area contributed by atoms with Crippen LogP contribution in [-0.2, 0) is 29.4 Å². The molecule has 0 bridgehead atoms. The van der Waals surface area contributed by atoms with E-state index < -0.39 is 23.2 Å². The van der Waals surface area contributed by atoms with Gasteiger partial charge in [-0.2, -0.15) is 18.3 Å². The highest BCUT2D eigenvalue weighted by molar-refractivity contribution is 6.34. The van der Waals surface area contributed by atoms with Crippen molar-refractivity contribution in [3.63, 3.8) is 0 Å². The minimum atomic E-state index is -4.81. The number of nitrogens with one attached hydrogen (secondary N) is 2. The Kier molecular flexibility index (Phi) is 13.1. The summed E-state index contributed by atoms with van der Waals surface area (Å²) in [4.78, 5) is 55.2. The molecule has 0 radical (unpaired) electrons. The Balaban J connectivity index is 0.00000188. The molecule has 2 saturated heterocycles. The van der Waals surface area contributed by atoms with Gasteiger partial charge in [0.2, 0.25) is 5.91 Å². The first-order valence-corrected chi connectivity index (χ1v) is 16.9. The van der Waals surface area contributed by atoms with Crippen molar-refractivity contribution in [2.45, 2.75) is 32.5 Å². The average molecular weight is 760 g/mol. The maximum atomic E-state index is 14.0. The molecule has 14 nitrogen and oxygen atoms in total. The van der Waals surface area contributed by atoms with Gasteiger partial charge in [-0.25, -0.2) is 4.98 Å². The maximum Gasteiger partial charge on any atom is 0.435 e. The van der Waals surface area contributed by atoms with Gasteiger partial charge < -0.3 is 35.2 Å². The van der Waals surface area contributed by atoms with Gasteiger partial charge >= 0.3 is 6.18 Å². The van der Waals surface area contributed by atoms with Crippen LogP contribution < -0.4 is 10.6 Å². The first-order chi connectivity index (χ1) is 24.2. The van der Waals surface area contributed by atoms with Crippen LogP contribution in [0.2, 0.25) is 5.02 Å². The molecule has 1 aromatic carbocycles. The molecule has 0 aliphatic carbocycles. The summed E-state index contributed by atoms with van der Waals surface area (Å²) in [5.74, 6) is -1.07. The maximum absolute atomic E-state index is 14.0. The molecule has 1 atom stereocenters. The lowest BCUT2D eigenvalue weighted by Crippen LogP contribution is -2.52. The van der Waals surface area contributed by atoms with E-state index in [0.717, 1.165) is 36.8 Å². The second kappa shape index (κ2) is 16.9. The van der Waals surface area contributed by atoms with Crippen LogP contribution >= 0.6 is 23.2 Å². The van der Waals surface area contributed by atoms with Gasteiger partial charge in [-0.15, -0.1) is 11.6 Å². The summed E-state index contributed by atoms with van der Waals surface area (Å²) in [6.45, 7) is 4.20. The van der Waals surface area contributed by atoms with Crippen molar-refractivity contribution in [2.24, 2.45) is 18.4 Å². The highest BCUT2D eigenvalue weighted by Gasteiger charge is 2.39. The largest absolute Gasteiger partial charge is 0.483 e. The van der Waals surface area contributed by atoms with Gasteiger partial charge in [-0.05, 0) is 44.1 Å². The fourth-order valence-electron chi connectivity index (χ4n) is 5.88. The van der Waals surface area contributed by atoms with Crippen LogP contribution in [0.3, 0.4) is 0 Å². The monoisotopic (exact) mass is 758 g/mol. The molecule has 2 fully saturated rings. The zero-order valence-corrected chi connectivity index (χ0v) is 29.4. The topological polar surface area (TPSA) is 175 Å². The molecule has 1 unspecified atom stereocenters. The molecule has 4 heterocycles. The second-order valence-corrected chi connectivity index (χ2v) is 13.3. The Bertz CT molecular complexity index is 1710. The molecule has 51 heavy (non-hydrogen) atoms. The highest BCUT2D eigenvalue weighted by Crippen LogP contribution is 2.37. The van der Waals surface area contributed by atoms with Crippen molar-refractivity contribution in [1.82, 2.24) is 34.4 Å². The number of hydrogen-bond donors (Lipinski definition) is 4. The number of halogens is 5. The normalized spacial score (nSPS) is 16.5. The van der Waals surface area contributed by atoms with E-state index in [1.165, 1.54) is 36.0 Å². The summed E-state index contributed by atoms with van der Waals surface area (Å²) >= 11 is 12.4. The molecular weight excluding hydrogens is 720 g/mol. The van der Waals surface area contributed by atoms with E-state index in [0.29, 0.717) is 26.2 Å². The van der Waals surface area contributed by atoms with Crippen molar-refractivity contribution in [1.29, 1.82) is 0 Å². The van der Waals surface area contributed by atoms with Crippen LogP contribution in [0.4, 0.5) is 18.9 Å². The summed E-state index contributed by atoms with van der Waals surface area (Å²) in [6.07, 6.45) is -0.860. The number of benzene rings is 1. The summed E-state index contributed by atoms with van der Waals surface area (Å²) in [5, 5.41) is 26.3. The number of aliphatic hydroxyl groups is 1. The Morgan fingerprint density at radius 3 is 2.31 bits per heavy atom. The molecule has 3 aromatic rings. The highest BCUT2D eigenvalue weighted by atomic mass is 35.5. The van der Waals surface area contributed by atoms with Gasteiger partial charge in [0.05, 0.1) is 34.6 Å². The van der Waals surface area contributed by atoms with Crippen molar-refractivity contribution < 1.29 is 42.6 Å². The lowest BCUT2D eigenvalue weighted by atomic mass is 9.95. The van der Waals surface area contributed by atoms with E-state index in [1.54, 1.807) is 11.8 Å². The Hall–Kier alpha value is -4.19. The van der Waals surface area contributed by atoms with Gasteiger partial charge in [-0.1, -0.05) is 18.5 Å². The summed E-state index contributed by atoms with van der Waals surface area (Å²) in [6, 6.07) is 4.40. The van der Waals surface area contributed by atoms with Crippen molar-refractivity contribution in [2.75, 3.05) is 57.1 Å². The second-order valence-electron chi connectivity index (χ2n) is 12.6. The molecule has 4 N–H and O–H groups in total. The lowest BCUT2D eigenvalue weighted by Gasteiger charge is -2.37. The predicted molar refractivity (Wildman–Crippen MR) is 182 cm³/mol. The van der Waals surface area contributed by atoms with Gasteiger partial charge in [0.15, 0.2) is 11.5 Å². The number of alkyl halides is 4. The van der Waals surface area contributed by atoms with E-state index in [-0.39, 0.29) is 76.6 Å². The van der Waals surface area contributed by atoms with Crippen LogP contribution in [0.1, 0.15) is 46.4 Å². The number of rotatable bonds is 9. The van der Waals surface area contributed by atoms with E-state index in [9.17, 15) is 32.7 Å². The number of carbonyl (C=O) groups is 4. The molecule has 278 valence electrons. The SMILES string of the molecule is Cn1c(-c2cn(CC(C)(CO)CCl)nc2C(F)(F)F)cnc1C(=O)Nc1ccc(C(=O)N2CCN(C(=O)C3CCNCC3)CC2)c(Cl)c1.O=CO. The number of piperidine rings is 1. The molecular formula is C32H39Cl2F3N8O6. The number of carboxylic acid groups (broad SMARTS) is 1. The molecule has 5 rings (SSSR count). The third-order valence-electron chi connectivity index (χ3n) is 8.77. The van der Waals surface area contributed by atoms with Gasteiger partial charge in [-0.3, -0.25) is 23.9 Å². The summed E-state index contributed by atoms with van der Waals surface area (Å²) < 4.78 is 44.2. The lowest BCUT2D eigenvalue weighted by molar-refractivity contribution is -0.141. The van der Waals surface area contributed by atoms with Crippen LogP contribution in [0, 0.1) is 11.3 Å². The zero-order chi connectivity index (χ0) is 37.5. The smallest absolute Gasteiger partial charge is 0.435 e. The number of piperazine rings is 1.